The smallest absolute Gasteiger partial charge is 0.224 e. The molecule has 1 unspecified atom stereocenters. The minimum absolute atomic E-state index is 0. The number of aryl methyl sites for hydroxylation is 2. The van der Waals surface area contributed by atoms with E-state index in [1.54, 1.807) is 12.1 Å². The molecule has 0 saturated heterocycles. The van der Waals surface area contributed by atoms with Crippen LogP contribution < -0.4 is 16.0 Å². The lowest BCUT2D eigenvalue weighted by molar-refractivity contribution is -0.120. The van der Waals surface area contributed by atoms with Crippen LogP contribution in [0.1, 0.15) is 36.4 Å². The molecule has 2 rings (SSSR count). The number of amides is 1. The molecule has 0 fully saturated rings. The molecule has 1 amide bonds. The average Bonchev–Trinajstić information content (AvgIpc) is 2.91. The van der Waals surface area contributed by atoms with Gasteiger partial charge in [0.25, 0.3) is 0 Å². The first-order chi connectivity index (χ1) is 14.3. The first-order valence-electron chi connectivity index (χ1n) is 10.3. The van der Waals surface area contributed by atoms with Crippen LogP contribution in [0.3, 0.4) is 0 Å². The van der Waals surface area contributed by atoms with Crippen molar-refractivity contribution in [3.05, 3.63) is 52.6 Å². The predicted octanol–water partition coefficient (Wildman–Crippen LogP) is 2.64. The number of carbonyl (C=O) groups excluding carboxylic acids is 1. The third kappa shape index (κ3) is 8.84. The Morgan fingerprint density at radius 1 is 1.29 bits per heavy atom. The van der Waals surface area contributed by atoms with Gasteiger partial charge in [0.1, 0.15) is 5.82 Å². The Morgan fingerprint density at radius 3 is 2.65 bits per heavy atom. The van der Waals surface area contributed by atoms with Gasteiger partial charge in [-0.3, -0.25) is 14.5 Å². The molecular weight excluding hydrogens is 510 g/mol. The van der Waals surface area contributed by atoms with Gasteiger partial charge in [-0.15, -0.1) is 24.0 Å². The van der Waals surface area contributed by atoms with Crippen molar-refractivity contribution in [3.8, 4) is 0 Å². The second-order valence-corrected chi connectivity index (χ2v) is 7.44. The topological polar surface area (TPSA) is 83.3 Å². The maximum absolute atomic E-state index is 13.2. The lowest BCUT2D eigenvalue weighted by Gasteiger charge is -2.18. The van der Waals surface area contributed by atoms with Gasteiger partial charge in [0.2, 0.25) is 5.91 Å². The van der Waals surface area contributed by atoms with E-state index in [-0.39, 0.29) is 48.2 Å². The fourth-order valence-corrected chi connectivity index (χ4v) is 3.28. The molecule has 3 N–H and O–H groups in total. The number of nitrogens with zero attached hydrogens (tertiary/aromatic N) is 3. The summed E-state index contributed by atoms with van der Waals surface area (Å²) in [6, 6.07) is 6.25. The van der Waals surface area contributed by atoms with E-state index in [4.69, 9.17) is 0 Å². The first-order valence-corrected chi connectivity index (χ1v) is 10.3. The molecule has 0 bridgehead atoms. The van der Waals surface area contributed by atoms with E-state index in [0.29, 0.717) is 24.6 Å². The van der Waals surface area contributed by atoms with Crippen LogP contribution in [0.2, 0.25) is 0 Å². The molecule has 1 heterocycles. The molecule has 2 aromatic rings. The summed E-state index contributed by atoms with van der Waals surface area (Å²) in [5.74, 6) is 0.227. The molecule has 7 nitrogen and oxygen atoms in total. The standard InChI is InChI=1S/C22H33FN6O.HI/c1-6-24-22(27-15(2)12-20-16(3)28-29(5)17(20)4)26-11-10-25-21(30)14-18-8-7-9-19(23)13-18;/h7-9,13,15H,6,10-12,14H2,1-5H3,(H,25,30)(H2,24,26,27);1H. The molecule has 172 valence electrons. The highest BCUT2D eigenvalue weighted by Gasteiger charge is 2.14. The van der Waals surface area contributed by atoms with E-state index in [1.165, 1.54) is 23.4 Å². The van der Waals surface area contributed by atoms with Crippen molar-refractivity contribution in [2.24, 2.45) is 12.0 Å². The Morgan fingerprint density at radius 2 is 2.03 bits per heavy atom. The van der Waals surface area contributed by atoms with E-state index in [9.17, 15) is 9.18 Å². The van der Waals surface area contributed by atoms with Crippen molar-refractivity contribution >= 4 is 35.8 Å². The minimum atomic E-state index is -0.336. The van der Waals surface area contributed by atoms with Gasteiger partial charge in [0.15, 0.2) is 5.96 Å². The van der Waals surface area contributed by atoms with Crippen molar-refractivity contribution in [2.75, 3.05) is 19.6 Å². The van der Waals surface area contributed by atoms with Crippen LogP contribution in [0.5, 0.6) is 0 Å². The van der Waals surface area contributed by atoms with Crippen molar-refractivity contribution in [1.29, 1.82) is 0 Å². The SMILES string of the molecule is CCNC(=NCCNC(=O)Cc1cccc(F)c1)NC(C)Cc1c(C)nn(C)c1C.I. The summed E-state index contributed by atoms with van der Waals surface area (Å²) in [7, 11) is 1.96. The van der Waals surface area contributed by atoms with E-state index < -0.39 is 0 Å². The Kier molecular flexibility index (Phi) is 11.5. The van der Waals surface area contributed by atoms with Gasteiger partial charge in [-0.25, -0.2) is 4.39 Å². The highest BCUT2D eigenvalue weighted by molar-refractivity contribution is 14.0. The van der Waals surface area contributed by atoms with E-state index in [0.717, 1.165) is 18.7 Å². The van der Waals surface area contributed by atoms with Crippen LogP contribution >= 0.6 is 24.0 Å². The maximum atomic E-state index is 13.2. The second-order valence-electron chi connectivity index (χ2n) is 7.44. The largest absolute Gasteiger partial charge is 0.357 e. The van der Waals surface area contributed by atoms with Crippen molar-refractivity contribution in [2.45, 2.75) is 46.6 Å². The quantitative estimate of drug-likeness (QED) is 0.196. The van der Waals surface area contributed by atoms with Crippen molar-refractivity contribution < 1.29 is 9.18 Å². The van der Waals surface area contributed by atoms with E-state index in [1.807, 2.05) is 25.6 Å². The molecule has 0 aliphatic rings. The van der Waals surface area contributed by atoms with Gasteiger partial charge in [0, 0.05) is 31.9 Å². The van der Waals surface area contributed by atoms with E-state index in [2.05, 4.69) is 39.9 Å². The van der Waals surface area contributed by atoms with Crippen LogP contribution in [-0.4, -0.2) is 47.3 Å². The van der Waals surface area contributed by atoms with Gasteiger partial charge in [-0.05, 0) is 57.4 Å². The molecule has 1 atom stereocenters. The Hall–Kier alpha value is -2.17. The summed E-state index contributed by atoms with van der Waals surface area (Å²) < 4.78 is 15.1. The number of nitrogens with one attached hydrogen (secondary N) is 3. The number of hydrogen-bond donors (Lipinski definition) is 3. The monoisotopic (exact) mass is 544 g/mol. The molecule has 0 radical (unpaired) electrons. The predicted molar refractivity (Wildman–Crippen MR) is 133 cm³/mol. The number of aliphatic imine (C=N–C) groups is 1. The molecule has 9 heteroatoms. The van der Waals surface area contributed by atoms with Gasteiger partial charge in [-0.2, -0.15) is 5.10 Å². The average molecular weight is 544 g/mol. The molecule has 31 heavy (non-hydrogen) atoms. The summed E-state index contributed by atoms with van der Waals surface area (Å²) in [4.78, 5) is 16.6. The number of aromatic nitrogens is 2. The molecule has 0 saturated carbocycles. The zero-order chi connectivity index (χ0) is 22.1. The number of benzene rings is 1. The summed E-state index contributed by atoms with van der Waals surface area (Å²) in [5, 5.41) is 13.9. The fourth-order valence-electron chi connectivity index (χ4n) is 3.28. The van der Waals surface area contributed by atoms with Crippen LogP contribution in [0, 0.1) is 19.7 Å². The number of carbonyl (C=O) groups is 1. The molecule has 1 aromatic heterocycles. The van der Waals surface area contributed by atoms with Gasteiger partial charge in [0.05, 0.1) is 18.7 Å². The first kappa shape index (κ1) is 26.9. The number of hydrogen-bond acceptors (Lipinski definition) is 3. The third-order valence-electron chi connectivity index (χ3n) is 4.85. The molecule has 0 aliphatic heterocycles. The zero-order valence-corrected chi connectivity index (χ0v) is 21.3. The lowest BCUT2D eigenvalue weighted by Crippen LogP contribution is -2.43. The number of halogens is 2. The fraction of sp³-hybridized carbons (Fsp3) is 0.500. The van der Waals surface area contributed by atoms with E-state index >= 15 is 0 Å². The highest BCUT2D eigenvalue weighted by atomic mass is 127. The Balaban J connectivity index is 0.00000480. The third-order valence-corrected chi connectivity index (χ3v) is 4.85. The molecule has 1 aromatic carbocycles. The van der Waals surface area contributed by atoms with Crippen LogP contribution in [0.4, 0.5) is 4.39 Å². The minimum Gasteiger partial charge on any atom is -0.357 e. The van der Waals surface area contributed by atoms with Gasteiger partial charge >= 0.3 is 0 Å². The van der Waals surface area contributed by atoms with Crippen LogP contribution in [-0.2, 0) is 24.7 Å². The Bertz CT molecular complexity index is 883. The van der Waals surface area contributed by atoms with Crippen LogP contribution in [0.15, 0.2) is 29.3 Å². The normalized spacial score (nSPS) is 12.1. The molecule has 0 spiro atoms. The molecule has 0 aliphatic carbocycles. The number of guanidine groups is 1. The highest BCUT2D eigenvalue weighted by Crippen LogP contribution is 2.14. The Labute approximate surface area is 201 Å². The summed E-state index contributed by atoms with van der Waals surface area (Å²) in [6.45, 7) is 9.84. The summed E-state index contributed by atoms with van der Waals surface area (Å²) in [6.07, 6.45) is 1.00. The molecular formula is C22H34FIN6O. The summed E-state index contributed by atoms with van der Waals surface area (Å²) in [5.41, 5.74) is 4.12. The van der Waals surface area contributed by atoms with Gasteiger partial charge in [-0.1, -0.05) is 12.1 Å². The van der Waals surface area contributed by atoms with Crippen molar-refractivity contribution in [3.63, 3.8) is 0 Å². The van der Waals surface area contributed by atoms with Crippen LogP contribution in [0.25, 0.3) is 0 Å². The van der Waals surface area contributed by atoms with Gasteiger partial charge < -0.3 is 16.0 Å². The van der Waals surface area contributed by atoms with Crippen molar-refractivity contribution in [1.82, 2.24) is 25.7 Å². The maximum Gasteiger partial charge on any atom is 0.224 e. The second kappa shape index (κ2) is 13.3. The number of rotatable bonds is 9. The zero-order valence-electron chi connectivity index (χ0n) is 19.0. The lowest BCUT2D eigenvalue weighted by atomic mass is 10.1. The summed E-state index contributed by atoms with van der Waals surface area (Å²) >= 11 is 0.